The van der Waals surface area contributed by atoms with Crippen molar-refractivity contribution in [3.05, 3.63) is 28.8 Å². The van der Waals surface area contributed by atoms with E-state index in [0.29, 0.717) is 64.3 Å². The third-order valence-corrected chi connectivity index (χ3v) is 10.9. The summed E-state index contributed by atoms with van der Waals surface area (Å²) in [4.78, 5) is 17.2. The Morgan fingerprint density at radius 1 is 1.15 bits per heavy atom. The maximum Gasteiger partial charge on any atom is 0.417 e. The number of piperazine rings is 1. The molecule has 16 heteroatoms. The predicted molar refractivity (Wildman–Crippen MR) is 163 cm³/mol. The molecule has 0 aliphatic carbocycles. The second-order valence-corrected chi connectivity index (χ2v) is 13.3. The molecule has 3 aromatic rings. The summed E-state index contributed by atoms with van der Waals surface area (Å²) < 4.78 is 115. The van der Waals surface area contributed by atoms with Crippen molar-refractivity contribution >= 4 is 22.4 Å². The van der Waals surface area contributed by atoms with Crippen LogP contribution >= 0.6 is 0 Å². The smallest absolute Gasteiger partial charge is 0.417 e. The zero-order valence-electron chi connectivity index (χ0n) is 26.7. The van der Waals surface area contributed by atoms with E-state index in [0.717, 1.165) is 6.92 Å². The lowest BCUT2D eigenvalue weighted by molar-refractivity contribution is -0.137. The number of rotatable bonds is 6. The van der Waals surface area contributed by atoms with Crippen LogP contribution in [-0.4, -0.2) is 82.3 Å². The van der Waals surface area contributed by atoms with Crippen molar-refractivity contribution in [3.63, 3.8) is 0 Å². The highest BCUT2D eigenvalue weighted by Gasteiger charge is 2.53. The van der Waals surface area contributed by atoms with E-state index >= 15 is 4.39 Å². The third-order valence-electron chi connectivity index (χ3n) is 10.9. The van der Waals surface area contributed by atoms with Crippen molar-refractivity contribution in [1.29, 1.82) is 0 Å². The fourth-order valence-corrected chi connectivity index (χ4v) is 8.38. The van der Waals surface area contributed by atoms with E-state index in [2.05, 4.69) is 15.3 Å². The normalized spacial score (nSPS) is 27.3. The summed E-state index contributed by atoms with van der Waals surface area (Å²) in [5, 5.41) is 3.41. The number of ether oxygens (including phenoxy) is 2. The molecule has 9 nitrogen and oxygen atoms in total. The lowest BCUT2D eigenvalue weighted by Gasteiger charge is -2.49. The molecule has 0 bridgehead atoms. The van der Waals surface area contributed by atoms with E-state index in [4.69, 9.17) is 20.2 Å². The Morgan fingerprint density at radius 2 is 1.92 bits per heavy atom. The maximum absolute atomic E-state index is 16.8. The number of halogens is 7. The summed E-state index contributed by atoms with van der Waals surface area (Å²) in [7, 11) is 0. The molecule has 2 aromatic heterocycles. The van der Waals surface area contributed by atoms with Gasteiger partial charge in [0.05, 0.1) is 28.4 Å². The lowest BCUT2D eigenvalue weighted by Crippen LogP contribution is -2.67. The van der Waals surface area contributed by atoms with E-state index in [-0.39, 0.29) is 29.7 Å². The van der Waals surface area contributed by atoms with Crippen LogP contribution in [0.1, 0.15) is 57.1 Å². The molecular formula is C32H36F7N7O2. The monoisotopic (exact) mass is 683 g/mol. The molecule has 1 unspecified atom stereocenters. The fraction of sp³-hybridized carbons (Fsp3) is 0.594. The summed E-state index contributed by atoms with van der Waals surface area (Å²) in [5.41, 5.74) is -0.439. The van der Waals surface area contributed by atoms with Crippen LogP contribution in [0.15, 0.2) is 6.07 Å². The van der Waals surface area contributed by atoms with Gasteiger partial charge in [0.15, 0.2) is 5.82 Å². The number of pyridine rings is 1. The average molecular weight is 684 g/mol. The minimum atomic E-state index is -5.09. The first-order chi connectivity index (χ1) is 22.7. The van der Waals surface area contributed by atoms with Crippen molar-refractivity contribution in [2.24, 2.45) is 0 Å². The highest BCUT2D eigenvalue weighted by atomic mass is 19.4. The molecule has 3 N–H and O–H groups in total. The zero-order valence-corrected chi connectivity index (χ0v) is 26.7. The molecule has 48 heavy (non-hydrogen) atoms. The van der Waals surface area contributed by atoms with E-state index in [9.17, 15) is 26.3 Å². The van der Waals surface area contributed by atoms with Gasteiger partial charge in [0.1, 0.15) is 40.9 Å². The van der Waals surface area contributed by atoms with Crippen molar-refractivity contribution < 1.29 is 40.2 Å². The summed E-state index contributed by atoms with van der Waals surface area (Å²) >= 11 is 0. The number of hydrogen-bond acceptors (Lipinski definition) is 9. The molecule has 3 fully saturated rings. The molecule has 1 aromatic carbocycles. The van der Waals surface area contributed by atoms with Crippen LogP contribution in [0.25, 0.3) is 22.2 Å². The van der Waals surface area contributed by atoms with E-state index in [1.54, 1.807) is 11.8 Å². The van der Waals surface area contributed by atoms with Gasteiger partial charge in [-0.05, 0) is 64.1 Å². The number of alkyl halides is 5. The molecule has 7 rings (SSSR count). The minimum absolute atomic E-state index is 0.0348. The van der Waals surface area contributed by atoms with Crippen molar-refractivity contribution in [3.8, 4) is 23.1 Å². The predicted octanol–water partition coefficient (Wildman–Crippen LogP) is 5.86. The molecule has 0 amide bonds. The Bertz CT molecular complexity index is 1780. The summed E-state index contributed by atoms with van der Waals surface area (Å²) in [6.45, 7) is 6.56. The Kier molecular flexibility index (Phi) is 7.85. The van der Waals surface area contributed by atoms with Gasteiger partial charge >= 0.3 is 12.2 Å². The number of nitrogens with zero attached hydrogens (tertiary/aromatic N) is 5. The summed E-state index contributed by atoms with van der Waals surface area (Å²) in [6, 6.07) is -0.445. The first-order valence-corrected chi connectivity index (χ1v) is 16.1. The molecule has 260 valence electrons. The van der Waals surface area contributed by atoms with Gasteiger partial charge in [-0.15, -0.1) is 0 Å². The molecular weight excluding hydrogens is 647 g/mol. The van der Waals surface area contributed by atoms with Crippen molar-refractivity contribution in [1.82, 2.24) is 25.2 Å². The number of hydrogen-bond donors (Lipinski definition) is 2. The molecule has 3 saturated heterocycles. The van der Waals surface area contributed by atoms with Gasteiger partial charge < -0.3 is 25.4 Å². The Hall–Kier alpha value is -3.66. The Morgan fingerprint density at radius 3 is 2.62 bits per heavy atom. The molecule has 6 heterocycles. The first-order valence-electron chi connectivity index (χ1n) is 16.1. The zero-order chi connectivity index (χ0) is 34.3. The molecule has 4 aliphatic rings. The SMILES string of the molecule is CCC12CNCCN1c1nc(OC[C@]34CCCN3[C@H](C(F)F)CC4)nc3c(F)c(-c4cc(N)c(F)c(C)c4C(F)(F)F)nc(c13)O[C@H]2C. The van der Waals surface area contributed by atoms with E-state index in [1.807, 2.05) is 11.8 Å². The van der Waals surface area contributed by atoms with E-state index in [1.165, 1.54) is 0 Å². The van der Waals surface area contributed by atoms with Crippen LogP contribution in [-0.2, 0) is 6.18 Å². The third kappa shape index (κ3) is 4.83. The van der Waals surface area contributed by atoms with Gasteiger partial charge in [-0.25, -0.2) is 22.5 Å². The minimum Gasteiger partial charge on any atom is -0.471 e. The van der Waals surface area contributed by atoms with Crippen LogP contribution in [0.2, 0.25) is 0 Å². The second kappa shape index (κ2) is 11.5. The average Bonchev–Trinajstić information content (AvgIpc) is 3.59. The fourth-order valence-electron chi connectivity index (χ4n) is 8.38. The Balaban J connectivity index is 1.43. The number of aromatic nitrogens is 3. The van der Waals surface area contributed by atoms with Crippen molar-refractivity contribution in [2.75, 3.05) is 43.4 Å². The van der Waals surface area contributed by atoms with Gasteiger partial charge in [0.25, 0.3) is 6.43 Å². The quantitative estimate of drug-likeness (QED) is 0.245. The van der Waals surface area contributed by atoms with Gasteiger partial charge in [-0.1, -0.05) is 6.92 Å². The van der Waals surface area contributed by atoms with E-state index < -0.39 is 81.0 Å². The molecule has 0 saturated carbocycles. The van der Waals surface area contributed by atoms with Crippen LogP contribution in [0.4, 0.5) is 42.2 Å². The summed E-state index contributed by atoms with van der Waals surface area (Å²) in [5.74, 6) is -2.46. The van der Waals surface area contributed by atoms with Crippen LogP contribution < -0.4 is 25.4 Å². The van der Waals surface area contributed by atoms with Crippen LogP contribution in [0.3, 0.4) is 0 Å². The van der Waals surface area contributed by atoms with Gasteiger partial charge in [-0.3, -0.25) is 4.90 Å². The van der Waals surface area contributed by atoms with Crippen LogP contribution in [0.5, 0.6) is 11.9 Å². The van der Waals surface area contributed by atoms with Gasteiger partial charge in [0.2, 0.25) is 5.88 Å². The second-order valence-electron chi connectivity index (χ2n) is 13.3. The largest absolute Gasteiger partial charge is 0.471 e. The molecule has 4 aliphatic heterocycles. The molecule has 0 spiro atoms. The van der Waals surface area contributed by atoms with Crippen LogP contribution in [0, 0.1) is 18.6 Å². The molecule has 4 atom stereocenters. The number of fused-ring (bicyclic) bond motifs is 3. The highest BCUT2D eigenvalue weighted by Crippen LogP contribution is 2.49. The molecule has 0 radical (unpaired) electrons. The number of nitrogen functional groups attached to an aromatic ring is 1. The number of nitrogens with one attached hydrogen (secondary N) is 1. The lowest BCUT2D eigenvalue weighted by atomic mass is 9.86. The Labute approximate surface area is 272 Å². The maximum atomic E-state index is 16.8. The summed E-state index contributed by atoms with van der Waals surface area (Å²) in [6.07, 6.45) is -5.57. The number of anilines is 2. The number of benzene rings is 1. The standard InChI is InChI=1S/C32H36F7N7O2/c1-4-31-13-41-9-11-46(31)27-20-25(43-29(44-27)47-14-30-7-5-10-45(30)19(6-8-30)26(35)36)23(34)24(42-28(20)48-16(31)3)17-12-18(40)22(33)15(2)21(17)32(37,38)39/h12,16,19,26,41H,4-11,13-14,40H2,1-3H3/t16-,19-,30+,31?/m0/s1. The topological polar surface area (TPSA) is 102 Å². The highest BCUT2D eigenvalue weighted by molar-refractivity contribution is 5.98. The van der Waals surface area contributed by atoms with Gasteiger partial charge in [0, 0.05) is 25.2 Å². The van der Waals surface area contributed by atoms with Crippen molar-refractivity contribution in [2.45, 2.75) is 88.7 Å². The number of nitrogens with two attached hydrogens (primary N) is 1. The van der Waals surface area contributed by atoms with Gasteiger partial charge in [-0.2, -0.15) is 23.1 Å². The first kappa shape index (κ1) is 32.9.